The predicted octanol–water partition coefficient (Wildman–Crippen LogP) is 0.866. The van der Waals surface area contributed by atoms with E-state index in [1.807, 2.05) is 6.92 Å². The Kier molecular flexibility index (Phi) is 3.77. The van der Waals surface area contributed by atoms with Gasteiger partial charge in [-0.05, 0) is 12.8 Å². The molecule has 1 atom stereocenters. The van der Waals surface area contributed by atoms with Gasteiger partial charge in [-0.25, -0.2) is 0 Å². The first-order valence-electron chi connectivity index (χ1n) is 3.43. The number of ketones is 1. The third kappa shape index (κ3) is 3.28. The van der Waals surface area contributed by atoms with E-state index >= 15 is 0 Å². The molecule has 0 N–H and O–H groups in total. The van der Waals surface area contributed by atoms with Crippen LogP contribution in [0.4, 0.5) is 0 Å². The van der Waals surface area contributed by atoms with E-state index in [4.69, 9.17) is 0 Å². The van der Waals surface area contributed by atoms with Crippen LogP contribution in [-0.4, -0.2) is 5.78 Å². The number of Topliss-reactive ketones (excluding diaryl/α,β-unsaturated/α-hetero) is 1. The van der Waals surface area contributed by atoms with Crippen molar-refractivity contribution < 1.29 is 9.90 Å². The Morgan fingerprint density at radius 1 is 1.70 bits per heavy atom. The fourth-order valence-corrected chi connectivity index (χ4v) is 0.833. The zero-order valence-corrected chi connectivity index (χ0v) is 6.52. The first-order chi connectivity index (χ1) is 4.57. The van der Waals surface area contributed by atoms with Gasteiger partial charge in [0.25, 0.3) is 0 Å². The molecule has 0 bridgehead atoms. The van der Waals surface area contributed by atoms with Gasteiger partial charge in [-0.2, -0.15) is 0 Å². The van der Waals surface area contributed by atoms with Gasteiger partial charge in [0.05, 0.1) is 0 Å². The second-order valence-corrected chi connectivity index (χ2v) is 2.48. The molecule has 0 aliphatic rings. The van der Waals surface area contributed by atoms with Crippen LogP contribution in [0.2, 0.25) is 0 Å². The highest BCUT2D eigenvalue weighted by molar-refractivity contribution is 5.75. The van der Waals surface area contributed by atoms with Gasteiger partial charge in [-0.3, -0.25) is 0 Å². The Balaban J connectivity index is 3.83. The van der Waals surface area contributed by atoms with Crippen LogP contribution in [0.5, 0.6) is 0 Å². The van der Waals surface area contributed by atoms with Gasteiger partial charge in [0.1, 0.15) is 5.78 Å². The van der Waals surface area contributed by atoms with E-state index in [0.29, 0.717) is 12.8 Å². The number of allylic oxidation sites excluding steroid dienone is 1. The molecule has 0 aromatic carbocycles. The molecule has 0 fully saturated rings. The Hall–Kier alpha value is -0.790. The molecule has 0 radical (unpaired) electrons. The molecule has 10 heavy (non-hydrogen) atoms. The van der Waals surface area contributed by atoms with Gasteiger partial charge in [0, 0.05) is 6.42 Å². The molecule has 0 aromatic heterocycles. The molecule has 0 amide bonds. The van der Waals surface area contributed by atoms with Crippen molar-refractivity contribution in [2.45, 2.75) is 26.7 Å². The molecule has 2 nitrogen and oxygen atoms in total. The monoisotopic (exact) mass is 141 g/mol. The van der Waals surface area contributed by atoms with Crippen molar-refractivity contribution in [1.82, 2.24) is 0 Å². The normalized spacial score (nSPS) is 12.6. The maximum Gasteiger partial charge on any atom is 0.130 e. The van der Waals surface area contributed by atoms with E-state index in [2.05, 4.69) is 6.58 Å². The summed E-state index contributed by atoms with van der Waals surface area (Å²) in [6.07, 6.45) is 1.06. The van der Waals surface area contributed by atoms with Crippen molar-refractivity contribution in [1.29, 1.82) is 0 Å². The van der Waals surface area contributed by atoms with Crippen LogP contribution in [0.15, 0.2) is 12.3 Å². The first-order valence-corrected chi connectivity index (χ1v) is 3.43. The fraction of sp³-hybridized carbons (Fsp3) is 0.625. The zero-order chi connectivity index (χ0) is 8.15. The summed E-state index contributed by atoms with van der Waals surface area (Å²) in [7, 11) is 0. The van der Waals surface area contributed by atoms with Crippen LogP contribution in [0.3, 0.4) is 0 Å². The van der Waals surface area contributed by atoms with E-state index < -0.39 is 0 Å². The quantitative estimate of drug-likeness (QED) is 0.545. The van der Waals surface area contributed by atoms with Crippen LogP contribution >= 0.6 is 0 Å². The molecule has 0 spiro atoms. The van der Waals surface area contributed by atoms with Crippen molar-refractivity contribution >= 4 is 5.78 Å². The van der Waals surface area contributed by atoms with E-state index in [0.717, 1.165) is 0 Å². The summed E-state index contributed by atoms with van der Waals surface area (Å²) in [5, 5.41) is 10.6. The molecule has 0 saturated carbocycles. The van der Waals surface area contributed by atoms with Gasteiger partial charge in [-0.1, -0.05) is 13.3 Å². The van der Waals surface area contributed by atoms with Crippen molar-refractivity contribution in [3.05, 3.63) is 12.3 Å². The van der Waals surface area contributed by atoms with Crippen LogP contribution < -0.4 is 5.11 Å². The Labute approximate surface area is 61.6 Å². The maximum absolute atomic E-state index is 10.6. The molecular weight excluding hydrogens is 128 g/mol. The highest BCUT2D eigenvalue weighted by Crippen LogP contribution is 2.12. The third-order valence-corrected chi connectivity index (χ3v) is 1.48. The molecule has 0 aromatic rings. The highest BCUT2D eigenvalue weighted by Gasteiger charge is 2.05. The number of hydrogen-bond donors (Lipinski definition) is 0. The van der Waals surface area contributed by atoms with Gasteiger partial charge in [0.2, 0.25) is 0 Å². The van der Waals surface area contributed by atoms with Gasteiger partial charge in [-0.15, -0.1) is 12.3 Å². The summed E-state index contributed by atoms with van der Waals surface area (Å²) in [6.45, 7) is 6.65. The SMILES string of the molecule is C=C([O-])C(CC)CC(C)=O. The second kappa shape index (κ2) is 4.09. The number of rotatable bonds is 4. The van der Waals surface area contributed by atoms with E-state index in [1.54, 1.807) is 0 Å². The molecule has 0 aliphatic heterocycles. The summed E-state index contributed by atoms with van der Waals surface area (Å²) < 4.78 is 0. The number of carbonyl (C=O) groups is 1. The van der Waals surface area contributed by atoms with Gasteiger partial charge in [0.15, 0.2) is 0 Å². The average Bonchev–Trinajstić information content (AvgIpc) is 1.81. The van der Waals surface area contributed by atoms with Crippen LogP contribution in [0.1, 0.15) is 26.7 Å². The minimum atomic E-state index is -0.155. The van der Waals surface area contributed by atoms with E-state index in [1.165, 1.54) is 6.92 Å². The number of carbonyl (C=O) groups excluding carboxylic acids is 1. The van der Waals surface area contributed by atoms with Crippen molar-refractivity contribution in [2.75, 3.05) is 0 Å². The number of hydrogen-bond acceptors (Lipinski definition) is 2. The highest BCUT2D eigenvalue weighted by atomic mass is 16.3. The molecule has 0 aliphatic carbocycles. The fourth-order valence-electron chi connectivity index (χ4n) is 0.833. The first kappa shape index (κ1) is 9.21. The Morgan fingerprint density at radius 3 is 2.30 bits per heavy atom. The predicted molar refractivity (Wildman–Crippen MR) is 38.2 cm³/mol. The van der Waals surface area contributed by atoms with E-state index in [-0.39, 0.29) is 17.5 Å². The van der Waals surface area contributed by atoms with Gasteiger partial charge >= 0.3 is 0 Å². The summed E-state index contributed by atoms with van der Waals surface area (Å²) in [5.74, 6) is -0.223. The molecule has 58 valence electrons. The maximum atomic E-state index is 10.6. The second-order valence-electron chi connectivity index (χ2n) is 2.48. The lowest BCUT2D eigenvalue weighted by molar-refractivity contribution is -0.314. The van der Waals surface area contributed by atoms with Crippen molar-refractivity contribution in [3.8, 4) is 0 Å². The minimum Gasteiger partial charge on any atom is -0.876 e. The van der Waals surface area contributed by atoms with Crippen molar-refractivity contribution in [3.63, 3.8) is 0 Å². The lowest BCUT2D eigenvalue weighted by atomic mass is 9.99. The Morgan fingerprint density at radius 2 is 2.20 bits per heavy atom. The largest absolute Gasteiger partial charge is 0.876 e. The van der Waals surface area contributed by atoms with Crippen LogP contribution in [0.25, 0.3) is 0 Å². The minimum absolute atomic E-state index is 0.0591. The van der Waals surface area contributed by atoms with Crippen LogP contribution in [0, 0.1) is 5.92 Å². The third-order valence-electron chi connectivity index (χ3n) is 1.48. The zero-order valence-electron chi connectivity index (χ0n) is 6.52. The van der Waals surface area contributed by atoms with Crippen molar-refractivity contribution in [2.24, 2.45) is 5.92 Å². The molecule has 0 saturated heterocycles. The lowest BCUT2D eigenvalue weighted by Crippen LogP contribution is -2.16. The van der Waals surface area contributed by atoms with E-state index in [9.17, 15) is 9.90 Å². The average molecular weight is 141 g/mol. The lowest BCUT2D eigenvalue weighted by Gasteiger charge is -2.19. The molecule has 0 rings (SSSR count). The molecule has 0 heterocycles. The summed E-state index contributed by atoms with van der Waals surface area (Å²) in [5.41, 5.74) is 0. The molecule has 2 heteroatoms. The molecular formula is C8H13O2-. The summed E-state index contributed by atoms with van der Waals surface area (Å²) in [6, 6.07) is 0. The topological polar surface area (TPSA) is 40.1 Å². The Bertz CT molecular complexity index is 138. The summed E-state index contributed by atoms with van der Waals surface area (Å²) >= 11 is 0. The summed E-state index contributed by atoms with van der Waals surface area (Å²) in [4.78, 5) is 10.5. The van der Waals surface area contributed by atoms with Crippen LogP contribution in [-0.2, 0) is 4.79 Å². The smallest absolute Gasteiger partial charge is 0.130 e. The van der Waals surface area contributed by atoms with Gasteiger partial charge < -0.3 is 9.90 Å². The molecule has 1 unspecified atom stereocenters. The standard InChI is InChI=1S/C8H14O2/c1-4-8(7(3)10)5-6(2)9/h8,10H,3-5H2,1-2H3/p-1.